The average molecular weight is 580 g/mol. The van der Waals surface area contributed by atoms with Gasteiger partial charge in [-0.05, 0) is 56.4 Å². The second-order valence-corrected chi connectivity index (χ2v) is 11.6. The summed E-state index contributed by atoms with van der Waals surface area (Å²) in [4.78, 5) is 44.9. The summed E-state index contributed by atoms with van der Waals surface area (Å²) in [5.41, 5.74) is 22.1. The highest BCUT2D eigenvalue weighted by molar-refractivity contribution is 7.88. The topological polar surface area (TPSA) is 250 Å². The van der Waals surface area contributed by atoms with Crippen LogP contribution < -0.4 is 38.3 Å². The molecule has 0 heterocycles. The van der Waals surface area contributed by atoms with Gasteiger partial charge in [0.2, 0.25) is 21.8 Å². The van der Waals surface area contributed by atoms with E-state index in [1.54, 1.807) is 30.3 Å². The number of aldehydes is 1. The number of guanidine groups is 2. The van der Waals surface area contributed by atoms with E-state index in [-0.39, 0.29) is 36.1 Å². The number of nitrogens with two attached hydrogens (primary N) is 4. The van der Waals surface area contributed by atoms with Crippen molar-refractivity contribution in [1.82, 2.24) is 15.4 Å². The molecule has 15 heteroatoms. The number of carbonyl (C=O) groups excluding carboxylic acids is 3. The average Bonchev–Trinajstić information content (AvgIpc) is 2.89. The zero-order chi connectivity index (χ0) is 29.5. The number of carbonyl (C=O) groups is 3. The molecule has 1 aliphatic carbocycles. The summed E-state index contributed by atoms with van der Waals surface area (Å²) >= 11 is 0. The van der Waals surface area contributed by atoms with Gasteiger partial charge in [-0.25, -0.2) is 13.1 Å². The molecule has 1 fully saturated rings. The number of sulfonamides is 1. The third kappa shape index (κ3) is 12.9. The van der Waals surface area contributed by atoms with E-state index >= 15 is 0 Å². The lowest BCUT2D eigenvalue weighted by Crippen LogP contribution is -2.51. The van der Waals surface area contributed by atoms with E-state index in [1.165, 1.54) is 0 Å². The van der Waals surface area contributed by atoms with E-state index in [9.17, 15) is 22.8 Å². The third-order valence-electron chi connectivity index (χ3n) is 6.46. The highest BCUT2D eigenvalue weighted by Crippen LogP contribution is 2.29. The number of amides is 2. The van der Waals surface area contributed by atoms with Gasteiger partial charge in [-0.1, -0.05) is 30.3 Å². The first kappa shape index (κ1) is 32.5. The summed E-state index contributed by atoms with van der Waals surface area (Å²) in [6, 6.07) is 6.74. The number of aliphatic imine (C=N–C) groups is 2. The standard InChI is InChI=1S/C25H41N9O5S/c26-24(27)30-12-4-7-20(15-35)32-22(36)14-31-23(37)21(13-17-8-10-19(11-9-17)33-25(28)29)34-40(38,39)16-18-5-2-1-3-6-18/h1-3,5-6,15,17,19-21,34H,4,7-14,16H2,(H,31,37)(H,32,36)(H4,26,27,30)(H4,28,29,33)/t17?,19?,20-,21+/m0/s1. The molecule has 0 radical (unpaired) electrons. The van der Waals surface area contributed by atoms with Crippen LogP contribution in [0.4, 0.5) is 0 Å². The van der Waals surface area contributed by atoms with E-state index in [1.807, 2.05) is 0 Å². The van der Waals surface area contributed by atoms with Crippen LogP contribution in [-0.4, -0.2) is 69.7 Å². The van der Waals surface area contributed by atoms with Gasteiger partial charge in [0.1, 0.15) is 12.3 Å². The molecule has 0 saturated heterocycles. The zero-order valence-corrected chi connectivity index (χ0v) is 23.3. The van der Waals surface area contributed by atoms with Gasteiger partial charge < -0.3 is 38.4 Å². The molecule has 40 heavy (non-hydrogen) atoms. The van der Waals surface area contributed by atoms with Crippen LogP contribution in [-0.2, 0) is 30.2 Å². The lowest BCUT2D eigenvalue weighted by atomic mass is 9.82. The number of nitrogens with zero attached hydrogens (tertiary/aromatic N) is 2. The number of nitrogens with one attached hydrogen (secondary N) is 3. The maximum atomic E-state index is 13.1. The summed E-state index contributed by atoms with van der Waals surface area (Å²) in [6.45, 7) is -0.122. The highest BCUT2D eigenvalue weighted by Gasteiger charge is 2.30. The molecule has 11 N–H and O–H groups in total. The predicted octanol–water partition coefficient (Wildman–Crippen LogP) is -1.45. The highest BCUT2D eigenvalue weighted by atomic mass is 32.2. The van der Waals surface area contributed by atoms with Crippen LogP contribution in [0.2, 0.25) is 0 Å². The van der Waals surface area contributed by atoms with Crippen LogP contribution >= 0.6 is 0 Å². The first-order valence-electron chi connectivity index (χ1n) is 13.2. The number of rotatable bonds is 16. The van der Waals surface area contributed by atoms with Crippen molar-refractivity contribution in [2.75, 3.05) is 13.1 Å². The second kappa shape index (κ2) is 16.4. The third-order valence-corrected chi connectivity index (χ3v) is 7.81. The van der Waals surface area contributed by atoms with Crippen LogP contribution in [0.5, 0.6) is 0 Å². The first-order valence-corrected chi connectivity index (χ1v) is 14.8. The molecular formula is C25H41N9O5S. The van der Waals surface area contributed by atoms with Gasteiger partial charge in [0, 0.05) is 6.54 Å². The summed E-state index contributed by atoms with van der Waals surface area (Å²) in [6.07, 6.45) is 4.47. The minimum atomic E-state index is -3.88. The van der Waals surface area contributed by atoms with Crippen molar-refractivity contribution in [3.8, 4) is 0 Å². The molecule has 1 aromatic carbocycles. The Hall–Kier alpha value is -3.72. The Bertz CT molecular complexity index is 1130. The summed E-state index contributed by atoms with van der Waals surface area (Å²) in [7, 11) is -3.88. The van der Waals surface area contributed by atoms with Gasteiger partial charge in [0.25, 0.3) is 0 Å². The van der Waals surface area contributed by atoms with E-state index in [4.69, 9.17) is 22.9 Å². The Morgan fingerprint density at radius 3 is 2.30 bits per heavy atom. The minimum Gasteiger partial charge on any atom is -0.370 e. The van der Waals surface area contributed by atoms with Crippen molar-refractivity contribution < 1.29 is 22.8 Å². The van der Waals surface area contributed by atoms with Gasteiger partial charge in [-0.3, -0.25) is 19.6 Å². The molecule has 2 rings (SSSR count). The normalized spacial score (nSPS) is 18.5. The van der Waals surface area contributed by atoms with Crippen molar-refractivity contribution in [3.63, 3.8) is 0 Å². The second-order valence-electron chi connectivity index (χ2n) is 9.86. The summed E-state index contributed by atoms with van der Waals surface area (Å²) < 4.78 is 28.4. The molecule has 0 aliphatic heterocycles. The van der Waals surface area contributed by atoms with Crippen molar-refractivity contribution in [1.29, 1.82) is 0 Å². The molecule has 14 nitrogen and oxygen atoms in total. The van der Waals surface area contributed by atoms with Crippen molar-refractivity contribution >= 4 is 40.0 Å². The molecule has 0 bridgehead atoms. The van der Waals surface area contributed by atoms with E-state index in [0.29, 0.717) is 56.9 Å². The lowest BCUT2D eigenvalue weighted by molar-refractivity contribution is -0.128. The Morgan fingerprint density at radius 1 is 1.02 bits per heavy atom. The monoisotopic (exact) mass is 579 g/mol. The van der Waals surface area contributed by atoms with E-state index < -0.39 is 40.5 Å². The van der Waals surface area contributed by atoms with Gasteiger partial charge in [0.05, 0.1) is 24.4 Å². The molecule has 1 saturated carbocycles. The molecule has 222 valence electrons. The minimum absolute atomic E-state index is 0.00257. The Kier molecular flexibility index (Phi) is 13.3. The molecule has 0 aromatic heterocycles. The van der Waals surface area contributed by atoms with Crippen LogP contribution in [0.1, 0.15) is 50.5 Å². The maximum Gasteiger partial charge on any atom is 0.239 e. The molecular weight excluding hydrogens is 538 g/mol. The molecule has 2 atom stereocenters. The van der Waals surface area contributed by atoms with Gasteiger partial charge in [-0.15, -0.1) is 0 Å². The van der Waals surface area contributed by atoms with Crippen LogP contribution in [0.15, 0.2) is 40.3 Å². The molecule has 1 aliphatic rings. The van der Waals surface area contributed by atoms with Crippen molar-refractivity contribution in [2.24, 2.45) is 38.8 Å². The van der Waals surface area contributed by atoms with Crippen LogP contribution in [0.3, 0.4) is 0 Å². The molecule has 0 spiro atoms. The lowest BCUT2D eigenvalue weighted by Gasteiger charge is -2.29. The van der Waals surface area contributed by atoms with Crippen LogP contribution in [0.25, 0.3) is 0 Å². The van der Waals surface area contributed by atoms with Crippen molar-refractivity contribution in [2.45, 2.75) is 68.8 Å². The predicted molar refractivity (Wildman–Crippen MR) is 153 cm³/mol. The summed E-state index contributed by atoms with van der Waals surface area (Å²) in [5, 5.41) is 5.03. The fourth-order valence-electron chi connectivity index (χ4n) is 4.56. The number of benzene rings is 1. The van der Waals surface area contributed by atoms with Gasteiger partial charge >= 0.3 is 0 Å². The van der Waals surface area contributed by atoms with Crippen molar-refractivity contribution in [3.05, 3.63) is 35.9 Å². The molecule has 2 amide bonds. The Morgan fingerprint density at radius 2 is 1.70 bits per heavy atom. The molecule has 0 unspecified atom stereocenters. The maximum absolute atomic E-state index is 13.1. The first-order chi connectivity index (χ1) is 19.0. The molecule has 1 aromatic rings. The smallest absolute Gasteiger partial charge is 0.239 e. The Labute approximate surface area is 234 Å². The fraction of sp³-hybridized carbons (Fsp3) is 0.560. The quantitative estimate of drug-likeness (QED) is 0.0523. The van der Waals surface area contributed by atoms with Crippen LogP contribution in [0, 0.1) is 5.92 Å². The fourth-order valence-corrected chi connectivity index (χ4v) is 5.91. The number of hydrogen-bond acceptors (Lipinski definition) is 7. The van der Waals surface area contributed by atoms with E-state index in [2.05, 4.69) is 25.3 Å². The Balaban J connectivity index is 1.99. The number of hydrogen-bond donors (Lipinski definition) is 7. The van der Waals surface area contributed by atoms with E-state index in [0.717, 1.165) is 0 Å². The van der Waals surface area contributed by atoms with Gasteiger partial charge in [-0.2, -0.15) is 0 Å². The SMILES string of the molecule is NC(N)=NCCC[C@@H](C=O)NC(=O)CNC(=O)[C@@H](CC1CCC(N=C(N)N)CC1)NS(=O)(=O)Cc1ccccc1. The zero-order valence-electron chi connectivity index (χ0n) is 22.5. The largest absolute Gasteiger partial charge is 0.370 e. The summed E-state index contributed by atoms with van der Waals surface area (Å²) in [5.74, 6) is -1.50. The van der Waals surface area contributed by atoms with Gasteiger partial charge in [0.15, 0.2) is 11.9 Å².